The summed E-state index contributed by atoms with van der Waals surface area (Å²) in [6.45, 7) is 6.19. The minimum Gasteiger partial charge on any atom is -0.348 e. The van der Waals surface area contributed by atoms with E-state index in [-0.39, 0.29) is 12.2 Å². The van der Waals surface area contributed by atoms with E-state index in [0.717, 1.165) is 6.42 Å². The van der Waals surface area contributed by atoms with Crippen LogP contribution >= 0.6 is 0 Å². The van der Waals surface area contributed by atoms with E-state index in [1.165, 1.54) is 0 Å². The molecule has 3 heteroatoms. The van der Waals surface area contributed by atoms with Crippen LogP contribution in [0.3, 0.4) is 0 Å². The molecule has 2 fully saturated rings. The molecule has 0 aromatic carbocycles. The Balaban J connectivity index is 2.07. The molecule has 2 aliphatic heterocycles. The number of hydrogen-bond donors (Lipinski definition) is 0. The van der Waals surface area contributed by atoms with E-state index in [0.29, 0.717) is 6.61 Å². The fourth-order valence-corrected chi connectivity index (χ4v) is 1.84. The number of rotatable bonds is 1. The second-order valence-electron chi connectivity index (χ2n) is 4.43. The molecule has 0 saturated carbocycles. The maximum absolute atomic E-state index is 5.72. The second-order valence-corrected chi connectivity index (χ2v) is 4.43. The summed E-state index contributed by atoms with van der Waals surface area (Å²) in [7, 11) is 0. The van der Waals surface area contributed by atoms with Gasteiger partial charge < -0.3 is 14.2 Å². The third-order valence-corrected chi connectivity index (χ3v) is 2.77. The SMILES string of the molecule is C#C[C@@]1([C@H]2COC(C)(C)O2)O[C@H]1C#CCC. The lowest BCUT2D eigenvalue weighted by molar-refractivity contribution is -0.143. The lowest BCUT2D eigenvalue weighted by atomic mass is 10.00. The summed E-state index contributed by atoms with van der Waals surface area (Å²) < 4.78 is 16.7. The molecule has 0 aromatic rings. The molecule has 16 heavy (non-hydrogen) atoms. The van der Waals surface area contributed by atoms with Gasteiger partial charge in [0.15, 0.2) is 17.5 Å². The predicted molar refractivity (Wildman–Crippen MR) is 59.4 cm³/mol. The van der Waals surface area contributed by atoms with Gasteiger partial charge in [-0.1, -0.05) is 18.8 Å². The Morgan fingerprint density at radius 2 is 2.12 bits per heavy atom. The Morgan fingerprint density at radius 3 is 2.62 bits per heavy atom. The third kappa shape index (κ3) is 1.83. The quantitative estimate of drug-likeness (QED) is 0.493. The molecule has 0 aliphatic carbocycles. The molecule has 0 N–H and O–H groups in total. The van der Waals surface area contributed by atoms with Gasteiger partial charge in [-0.05, 0) is 13.8 Å². The molecule has 0 spiro atoms. The molecule has 3 atom stereocenters. The smallest absolute Gasteiger partial charge is 0.195 e. The first-order chi connectivity index (χ1) is 7.54. The molecule has 3 nitrogen and oxygen atoms in total. The van der Waals surface area contributed by atoms with E-state index in [2.05, 4.69) is 17.8 Å². The maximum atomic E-state index is 5.72. The van der Waals surface area contributed by atoms with E-state index in [9.17, 15) is 0 Å². The molecule has 0 radical (unpaired) electrons. The van der Waals surface area contributed by atoms with Gasteiger partial charge in [0.05, 0.1) is 6.61 Å². The van der Waals surface area contributed by atoms with Crippen molar-refractivity contribution >= 4 is 0 Å². The number of terminal acetylenes is 1. The van der Waals surface area contributed by atoms with Crippen LogP contribution in [0.4, 0.5) is 0 Å². The van der Waals surface area contributed by atoms with Crippen molar-refractivity contribution in [3.63, 3.8) is 0 Å². The van der Waals surface area contributed by atoms with Crippen LogP contribution < -0.4 is 0 Å². The van der Waals surface area contributed by atoms with Crippen molar-refractivity contribution in [2.24, 2.45) is 0 Å². The van der Waals surface area contributed by atoms with Crippen LogP contribution in [0.15, 0.2) is 0 Å². The average molecular weight is 220 g/mol. The Bertz CT molecular complexity index is 382. The number of hydrogen-bond acceptors (Lipinski definition) is 3. The van der Waals surface area contributed by atoms with Crippen LogP contribution in [0, 0.1) is 24.2 Å². The van der Waals surface area contributed by atoms with Crippen molar-refractivity contribution in [3.05, 3.63) is 0 Å². The average Bonchev–Trinajstić information content (AvgIpc) is 2.85. The zero-order chi connectivity index (χ0) is 11.8. The molecule has 0 aromatic heterocycles. The van der Waals surface area contributed by atoms with Crippen LogP contribution in [0.25, 0.3) is 0 Å². The van der Waals surface area contributed by atoms with Crippen molar-refractivity contribution in [2.75, 3.05) is 6.61 Å². The van der Waals surface area contributed by atoms with E-state index < -0.39 is 11.4 Å². The highest BCUT2D eigenvalue weighted by Crippen LogP contribution is 2.44. The van der Waals surface area contributed by atoms with Crippen LogP contribution in [-0.2, 0) is 14.2 Å². The normalized spacial score (nSPS) is 39.6. The molecule has 2 aliphatic rings. The van der Waals surface area contributed by atoms with E-state index in [1.807, 2.05) is 20.8 Å². The van der Waals surface area contributed by atoms with E-state index in [4.69, 9.17) is 20.6 Å². The van der Waals surface area contributed by atoms with Crippen molar-refractivity contribution < 1.29 is 14.2 Å². The highest BCUT2D eigenvalue weighted by atomic mass is 16.8. The molecule has 2 rings (SSSR count). The Hall–Kier alpha value is -1.00. The summed E-state index contributed by atoms with van der Waals surface area (Å²) in [5.74, 6) is 8.06. The van der Waals surface area contributed by atoms with Gasteiger partial charge >= 0.3 is 0 Å². The van der Waals surface area contributed by atoms with Gasteiger partial charge in [-0.15, -0.1) is 12.3 Å². The fraction of sp³-hybridized carbons (Fsp3) is 0.692. The summed E-state index contributed by atoms with van der Waals surface area (Å²) in [5, 5.41) is 0. The number of ether oxygens (including phenoxy) is 3. The van der Waals surface area contributed by atoms with Gasteiger partial charge in [-0.3, -0.25) is 0 Å². The molecular formula is C13H16O3. The Morgan fingerprint density at radius 1 is 1.38 bits per heavy atom. The molecule has 2 heterocycles. The van der Waals surface area contributed by atoms with Gasteiger partial charge in [-0.25, -0.2) is 0 Å². The summed E-state index contributed by atoms with van der Waals surface area (Å²) in [5.41, 5.74) is -0.698. The monoisotopic (exact) mass is 220 g/mol. The van der Waals surface area contributed by atoms with Gasteiger partial charge in [0, 0.05) is 6.42 Å². The number of epoxide rings is 1. The topological polar surface area (TPSA) is 31.0 Å². The molecule has 0 bridgehead atoms. The second kappa shape index (κ2) is 3.79. The van der Waals surface area contributed by atoms with Crippen molar-refractivity contribution in [2.45, 2.75) is 50.8 Å². The first-order valence-corrected chi connectivity index (χ1v) is 5.50. The van der Waals surface area contributed by atoms with Crippen molar-refractivity contribution in [1.82, 2.24) is 0 Å². The zero-order valence-corrected chi connectivity index (χ0v) is 9.87. The van der Waals surface area contributed by atoms with E-state index in [1.54, 1.807) is 0 Å². The van der Waals surface area contributed by atoms with E-state index >= 15 is 0 Å². The van der Waals surface area contributed by atoms with Gasteiger partial charge in [0.2, 0.25) is 0 Å². The van der Waals surface area contributed by atoms with Crippen molar-refractivity contribution in [1.29, 1.82) is 0 Å². The first kappa shape index (κ1) is 11.5. The zero-order valence-electron chi connectivity index (χ0n) is 9.87. The highest BCUT2D eigenvalue weighted by Gasteiger charge is 2.64. The van der Waals surface area contributed by atoms with Crippen molar-refractivity contribution in [3.8, 4) is 24.2 Å². The fourth-order valence-electron chi connectivity index (χ4n) is 1.84. The molecule has 86 valence electrons. The molecular weight excluding hydrogens is 204 g/mol. The van der Waals surface area contributed by atoms with Crippen LogP contribution in [0.2, 0.25) is 0 Å². The van der Waals surface area contributed by atoms with Crippen LogP contribution in [0.5, 0.6) is 0 Å². The van der Waals surface area contributed by atoms with Gasteiger partial charge in [-0.2, -0.15) is 0 Å². The summed E-state index contributed by atoms with van der Waals surface area (Å²) >= 11 is 0. The summed E-state index contributed by atoms with van der Waals surface area (Å²) in [6, 6.07) is 0. The van der Waals surface area contributed by atoms with Crippen LogP contribution in [0.1, 0.15) is 27.2 Å². The molecule has 0 amide bonds. The molecule has 2 saturated heterocycles. The largest absolute Gasteiger partial charge is 0.348 e. The lowest BCUT2D eigenvalue weighted by Crippen LogP contribution is -2.34. The highest BCUT2D eigenvalue weighted by molar-refractivity contribution is 5.35. The Labute approximate surface area is 96.4 Å². The van der Waals surface area contributed by atoms with Gasteiger partial charge in [0.1, 0.15) is 6.10 Å². The summed E-state index contributed by atoms with van der Waals surface area (Å²) in [6.07, 6.45) is 5.89. The minimum atomic E-state index is -0.698. The van der Waals surface area contributed by atoms with Crippen LogP contribution in [-0.4, -0.2) is 30.2 Å². The Kier molecular flexibility index (Phi) is 2.72. The standard InChI is InChI=1S/C13H16O3/c1-5-7-8-10-13(6-2,16-10)11-9-14-12(3,4)15-11/h2,10-11H,5,9H2,1,3-4H3/t10-,11+,13+/m0/s1. The van der Waals surface area contributed by atoms with Gasteiger partial charge in [0.25, 0.3) is 0 Å². The predicted octanol–water partition coefficient (Wildman–Crippen LogP) is 1.32. The minimum absolute atomic E-state index is 0.208. The lowest BCUT2D eigenvalue weighted by Gasteiger charge is -2.18. The third-order valence-electron chi connectivity index (χ3n) is 2.77. The molecule has 0 unspecified atom stereocenters. The maximum Gasteiger partial charge on any atom is 0.195 e. The first-order valence-electron chi connectivity index (χ1n) is 5.50. The summed E-state index contributed by atoms with van der Waals surface area (Å²) in [4.78, 5) is 0.